The van der Waals surface area contributed by atoms with Crippen molar-refractivity contribution >= 4 is 10.1 Å². The zero-order valence-corrected chi connectivity index (χ0v) is 22.2. The van der Waals surface area contributed by atoms with Crippen molar-refractivity contribution in [1.82, 2.24) is 0 Å². The van der Waals surface area contributed by atoms with E-state index in [1.54, 1.807) is 12.1 Å². The van der Waals surface area contributed by atoms with Gasteiger partial charge < -0.3 is 9.04 Å². The lowest BCUT2D eigenvalue weighted by molar-refractivity contribution is -0.902. The average Bonchev–Trinajstić information content (AvgIpc) is 2.75. The Morgan fingerprint density at radius 3 is 1.70 bits per heavy atom. The van der Waals surface area contributed by atoms with Gasteiger partial charge in [0.2, 0.25) is 0 Å². The van der Waals surface area contributed by atoms with E-state index in [0.717, 1.165) is 10.0 Å². The fraction of sp³-hybridized carbons (Fsp3) is 0.571. The first-order valence-electron chi connectivity index (χ1n) is 12.4. The summed E-state index contributed by atoms with van der Waals surface area (Å²) in [5, 5.41) is 0. The quantitative estimate of drug-likeness (QED) is 0.174. The molecule has 0 saturated carbocycles. The molecule has 2 aromatic rings. The maximum absolute atomic E-state index is 10.4. The van der Waals surface area contributed by atoms with Crippen LogP contribution in [0.1, 0.15) is 88.3 Å². The summed E-state index contributed by atoms with van der Waals surface area (Å²) in [5.41, 5.74) is 2.42. The molecule has 5 heteroatoms. The van der Waals surface area contributed by atoms with E-state index in [0.29, 0.717) is 6.04 Å². The third-order valence-electron chi connectivity index (χ3n) is 6.01. The maximum atomic E-state index is 10.4. The van der Waals surface area contributed by atoms with Crippen LogP contribution in [0.2, 0.25) is 0 Å². The third kappa shape index (κ3) is 13.0. The van der Waals surface area contributed by atoms with E-state index in [1.807, 2.05) is 6.92 Å². The van der Waals surface area contributed by atoms with Crippen LogP contribution in [0.15, 0.2) is 59.5 Å². The lowest BCUT2D eigenvalue weighted by Gasteiger charge is -2.34. The molecule has 0 heterocycles. The van der Waals surface area contributed by atoms with Gasteiger partial charge in [0.15, 0.2) is 0 Å². The molecule has 4 nitrogen and oxygen atoms in total. The molecule has 0 aliphatic rings. The number of rotatable bonds is 13. The second kappa shape index (κ2) is 15.3. The summed E-state index contributed by atoms with van der Waals surface area (Å²) < 4.78 is 32.2. The van der Waals surface area contributed by atoms with Crippen LogP contribution in [-0.2, 0) is 10.1 Å². The summed E-state index contributed by atoms with van der Waals surface area (Å²) in [6, 6.07) is 17.5. The summed E-state index contributed by atoms with van der Waals surface area (Å²) in [5.74, 6) is 0. The topological polar surface area (TPSA) is 57.2 Å². The lowest BCUT2D eigenvalue weighted by atomic mass is 9.97. The van der Waals surface area contributed by atoms with Gasteiger partial charge in [-0.2, -0.15) is 0 Å². The second-order valence-electron chi connectivity index (χ2n) is 9.93. The molecule has 186 valence electrons. The molecular weight excluding hydrogens is 430 g/mol. The van der Waals surface area contributed by atoms with Crippen LogP contribution in [0.5, 0.6) is 0 Å². The van der Waals surface area contributed by atoms with Crippen molar-refractivity contribution in [3.05, 3.63) is 65.7 Å². The lowest BCUT2D eigenvalue weighted by Crippen LogP contribution is -2.38. The fourth-order valence-corrected chi connectivity index (χ4v) is 4.50. The Hall–Kier alpha value is -1.69. The third-order valence-corrected chi connectivity index (χ3v) is 6.86. The van der Waals surface area contributed by atoms with Gasteiger partial charge in [0.25, 0.3) is 0 Å². The summed E-state index contributed by atoms with van der Waals surface area (Å²) >= 11 is 0. The number of nitrogens with zero attached hydrogens (tertiary/aromatic N) is 1. The monoisotopic (exact) mass is 475 g/mol. The number of hydrogen-bond acceptors (Lipinski definition) is 3. The molecule has 1 unspecified atom stereocenters. The highest BCUT2D eigenvalue weighted by molar-refractivity contribution is 7.85. The zero-order chi connectivity index (χ0) is 24.7. The van der Waals surface area contributed by atoms with Gasteiger partial charge in [-0.25, -0.2) is 8.42 Å². The van der Waals surface area contributed by atoms with Crippen molar-refractivity contribution in [2.75, 3.05) is 21.1 Å². The molecular formula is C28H45NO3S. The van der Waals surface area contributed by atoms with E-state index in [1.165, 1.54) is 81.9 Å². The van der Waals surface area contributed by atoms with Gasteiger partial charge in [-0.1, -0.05) is 106 Å². The fourth-order valence-electron chi connectivity index (χ4n) is 4.03. The molecule has 0 aromatic heterocycles. The van der Waals surface area contributed by atoms with Crippen LogP contribution in [-0.4, -0.2) is 38.6 Å². The van der Waals surface area contributed by atoms with Gasteiger partial charge in [0.05, 0.1) is 26.0 Å². The number of unbranched alkanes of at least 4 members (excludes halogenated alkanes) is 8. The van der Waals surface area contributed by atoms with E-state index in [2.05, 4.69) is 58.4 Å². The van der Waals surface area contributed by atoms with Crippen molar-refractivity contribution in [2.45, 2.75) is 89.0 Å². The zero-order valence-electron chi connectivity index (χ0n) is 21.4. The average molecular weight is 476 g/mol. The van der Waals surface area contributed by atoms with E-state index in [9.17, 15) is 13.0 Å². The molecule has 0 saturated heterocycles. The molecule has 0 amide bonds. The Kier molecular flexibility index (Phi) is 13.6. The smallest absolute Gasteiger partial charge is 0.124 e. The molecule has 0 fully saturated rings. The molecule has 0 aliphatic heterocycles. The predicted molar refractivity (Wildman–Crippen MR) is 138 cm³/mol. The summed E-state index contributed by atoms with van der Waals surface area (Å²) in [6.07, 6.45) is 14.0. The molecule has 1 atom stereocenters. The van der Waals surface area contributed by atoms with E-state index in [4.69, 9.17) is 0 Å². The van der Waals surface area contributed by atoms with Crippen LogP contribution in [0.4, 0.5) is 0 Å². The first kappa shape index (κ1) is 29.3. The van der Waals surface area contributed by atoms with Gasteiger partial charge in [-0.05, 0) is 25.5 Å². The van der Waals surface area contributed by atoms with E-state index < -0.39 is 10.1 Å². The van der Waals surface area contributed by atoms with E-state index >= 15 is 0 Å². The van der Waals surface area contributed by atoms with E-state index in [-0.39, 0.29) is 4.90 Å². The first-order chi connectivity index (χ1) is 15.6. The van der Waals surface area contributed by atoms with Crippen molar-refractivity contribution in [3.63, 3.8) is 0 Å². The molecule has 0 N–H and O–H groups in total. The Morgan fingerprint density at radius 2 is 1.24 bits per heavy atom. The van der Waals surface area contributed by atoms with Crippen molar-refractivity contribution in [3.8, 4) is 0 Å². The minimum absolute atomic E-state index is 0.178. The van der Waals surface area contributed by atoms with Crippen molar-refractivity contribution in [2.24, 2.45) is 0 Å². The standard InChI is InChI=1S/C21H38N.C7H8O3S/c1-5-6-7-8-9-10-11-12-16-19-21(22(2,3)4)20-17-14-13-15-18-20;1-6-2-4-7(5-3-6)11(8,9)10/h13-15,17-18,21H,5-12,16,19H2,1-4H3;2-5H,1H3,(H,8,9,10)/q+1;/p-1. The number of quaternary nitrogens is 1. The van der Waals surface area contributed by atoms with Crippen LogP contribution >= 0.6 is 0 Å². The van der Waals surface area contributed by atoms with Crippen LogP contribution in [0.25, 0.3) is 0 Å². The Morgan fingerprint density at radius 1 is 0.758 bits per heavy atom. The Labute approximate surface area is 203 Å². The van der Waals surface area contributed by atoms with Gasteiger partial charge in [-0.15, -0.1) is 0 Å². The van der Waals surface area contributed by atoms with Crippen LogP contribution in [0, 0.1) is 6.92 Å². The molecule has 2 aromatic carbocycles. The van der Waals surface area contributed by atoms with Crippen molar-refractivity contribution in [1.29, 1.82) is 0 Å². The Bertz CT molecular complexity index is 856. The predicted octanol–water partition coefficient (Wildman–Crippen LogP) is 7.25. The molecule has 0 bridgehead atoms. The summed E-state index contributed by atoms with van der Waals surface area (Å²) in [7, 11) is 2.70. The molecule has 2 rings (SSSR count). The van der Waals surface area contributed by atoms with Gasteiger partial charge in [0.1, 0.15) is 16.2 Å². The summed E-state index contributed by atoms with van der Waals surface area (Å²) in [4.78, 5) is -0.178. The molecule has 0 aliphatic carbocycles. The van der Waals surface area contributed by atoms with Crippen LogP contribution < -0.4 is 0 Å². The van der Waals surface area contributed by atoms with Crippen molar-refractivity contribution < 1.29 is 17.5 Å². The first-order valence-corrected chi connectivity index (χ1v) is 13.8. The largest absolute Gasteiger partial charge is 0.744 e. The molecule has 0 spiro atoms. The molecule has 0 radical (unpaired) electrons. The van der Waals surface area contributed by atoms with Crippen LogP contribution in [0.3, 0.4) is 0 Å². The van der Waals surface area contributed by atoms with Gasteiger partial charge in [-0.3, -0.25) is 0 Å². The van der Waals surface area contributed by atoms with Gasteiger partial charge >= 0.3 is 0 Å². The highest BCUT2D eigenvalue weighted by Gasteiger charge is 2.24. The number of hydrogen-bond donors (Lipinski definition) is 0. The van der Waals surface area contributed by atoms with Gasteiger partial charge in [0, 0.05) is 12.0 Å². The number of aryl methyl sites for hydroxylation is 1. The minimum atomic E-state index is -4.27. The molecule has 33 heavy (non-hydrogen) atoms. The minimum Gasteiger partial charge on any atom is -0.744 e. The maximum Gasteiger partial charge on any atom is 0.124 e. The normalized spacial score (nSPS) is 12.7. The SMILES string of the molecule is CCCCCCCCCCCC(c1ccccc1)[N+](C)(C)C.Cc1ccc(S(=O)(=O)[O-])cc1. The second-order valence-corrected chi connectivity index (χ2v) is 11.3. The summed E-state index contributed by atoms with van der Waals surface area (Å²) in [6.45, 7) is 4.11. The number of benzene rings is 2. The highest BCUT2D eigenvalue weighted by atomic mass is 32.2. The Balaban J connectivity index is 0.000000412. The highest BCUT2D eigenvalue weighted by Crippen LogP contribution is 2.29.